The molecule has 3 aromatic rings. The van der Waals surface area contributed by atoms with Crippen molar-refractivity contribution in [3.8, 4) is 0 Å². The molecule has 0 unspecified atom stereocenters. The van der Waals surface area contributed by atoms with Crippen LogP contribution in [0.4, 0.5) is 5.00 Å². The molecule has 0 bridgehead atoms. The third-order valence-electron chi connectivity index (χ3n) is 4.94. The van der Waals surface area contributed by atoms with Crippen molar-refractivity contribution in [1.29, 1.82) is 0 Å². The number of carbonyl (C=O) groups excluding carboxylic acids is 3. The lowest BCUT2D eigenvalue weighted by molar-refractivity contribution is -0.165. The molecule has 2 aromatic heterocycles. The minimum absolute atomic E-state index is 0.0960. The number of ether oxygens (including phenoxy) is 1. The fraction of sp³-hybridized carbons (Fsp3) is 0.286. The van der Waals surface area contributed by atoms with Crippen LogP contribution in [0.15, 0.2) is 35.1 Å². The van der Waals surface area contributed by atoms with Gasteiger partial charge < -0.3 is 19.9 Å². The van der Waals surface area contributed by atoms with E-state index in [1.165, 1.54) is 11.3 Å². The number of benzene rings is 1. The number of aromatic amines is 1. The van der Waals surface area contributed by atoms with Gasteiger partial charge in [-0.3, -0.25) is 14.4 Å². The van der Waals surface area contributed by atoms with Gasteiger partial charge in [0.05, 0.1) is 20.8 Å². The predicted molar refractivity (Wildman–Crippen MR) is 115 cm³/mol. The van der Waals surface area contributed by atoms with Crippen LogP contribution in [0.1, 0.15) is 33.9 Å². The molecule has 31 heavy (non-hydrogen) atoms. The molecule has 9 nitrogen and oxygen atoms in total. The number of nitrogens with zero attached hydrogens (tertiary/aromatic N) is 2. The first kappa shape index (κ1) is 20.7. The Hall–Kier alpha value is -3.53. The topological polar surface area (TPSA) is 121 Å². The Balaban J connectivity index is 1.44. The molecule has 2 N–H and O–H groups in total. The van der Waals surface area contributed by atoms with Crippen LogP contribution in [-0.4, -0.2) is 40.9 Å². The third kappa shape index (κ3) is 4.48. The fourth-order valence-electron chi connectivity index (χ4n) is 3.38. The van der Waals surface area contributed by atoms with Crippen molar-refractivity contribution in [3.63, 3.8) is 0 Å². The summed E-state index contributed by atoms with van der Waals surface area (Å²) in [7, 11) is 1.89. The Morgan fingerprint density at radius 3 is 2.87 bits per heavy atom. The highest BCUT2D eigenvalue weighted by Gasteiger charge is 2.30. The predicted octanol–water partition coefficient (Wildman–Crippen LogP) is 1.89. The van der Waals surface area contributed by atoms with E-state index in [4.69, 9.17) is 0 Å². The summed E-state index contributed by atoms with van der Waals surface area (Å²) in [6, 6.07) is 8.24. The number of fused-ring (bicyclic) bond motifs is 1. The number of hydrogen-bond acceptors (Lipinski definition) is 8. The number of carbonyl (C=O) groups is 3. The number of anilines is 1. The second-order valence-electron chi connectivity index (χ2n) is 7.35. The molecule has 0 radical (unpaired) electrons. The van der Waals surface area contributed by atoms with Crippen molar-refractivity contribution in [1.82, 2.24) is 15.3 Å². The molecule has 1 amide bonds. The average molecular weight is 440 g/mol. The maximum Gasteiger partial charge on any atom is 0.336 e. The normalized spacial score (nSPS) is 16.3. The highest BCUT2D eigenvalue weighted by atomic mass is 32.1. The second-order valence-corrected chi connectivity index (χ2v) is 8.42. The number of H-pyrrole nitrogens is 1. The van der Waals surface area contributed by atoms with E-state index in [0.717, 1.165) is 10.6 Å². The number of amides is 1. The molecule has 4 rings (SSSR count). The standard InChI is InChI=1S/C21H20N4O5S/c1-11-22-14-4-3-12(9-13(14)19(27)23-11)10-25(2)17-7-6-16(31-17)20(28)24-15-5-8-18(26)30-21(15)29/h3-4,6-7,9,15H,5,8,10H2,1-2H3,(H,24,28)(H,22,23,27)/t15-/m0/s1. The van der Waals surface area contributed by atoms with Crippen molar-refractivity contribution in [2.75, 3.05) is 11.9 Å². The largest absolute Gasteiger partial charge is 0.392 e. The number of nitrogens with one attached hydrogen (secondary N) is 2. The quantitative estimate of drug-likeness (QED) is 0.459. The highest BCUT2D eigenvalue weighted by molar-refractivity contribution is 7.18. The number of aromatic nitrogens is 2. The number of hydrogen-bond donors (Lipinski definition) is 2. The first-order valence-electron chi connectivity index (χ1n) is 9.66. The lowest BCUT2D eigenvalue weighted by Crippen LogP contribution is -2.45. The molecule has 0 saturated carbocycles. The maximum absolute atomic E-state index is 12.5. The van der Waals surface area contributed by atoms with Crippen molar-refractivity contribution >= 4 is 45.1 Å². The van der Waals surface area contributed by atoms with Gasteiger partial charge >= 0.3 is 11.9 Å². The molecule has 0 spiro atoms. The van der Waals surface area contributed by atoms with Crippen LogP contribution in [-0.2, 0) is 20.9 Å². The summed E-state index contributed by atoms with van der Waals surface area (Å²) in [5.74, 6) is -1.12. The van der Waals surface area contributed by atoms with Gasteiger partial charge in [-0.15, -0.1) is 11.3 Å². The van der Waals surface area contributed by atoms with E-state index >= 15 is 0 Å². The van der Waals surface area contributed by atoms with Gasteiger partial charge in [-0.2, -0.15) is 0 Å². The first-order valence-corrected chi connectivity index (χ1v) is 10.5. The summed E-state index contributed by atoms with van der Waals surface area (Å²) in [6.07, 6.45) is 0.329. The number of esters is 2. The lowest BCUT2D eigenvalue weighted by Gasteiger charge is -2.20. The summed E-state index contributed by atoms with van der Waals surface area (Å²) < 4.78 is 4.56. The molecule has 1 saturated heterocycles. The number of cyclic esters (lactones) is 2. The maximum atomic E-state index is 12.5. The minimum atomic E-state index is -0.818. The van der Waals surface area contributed by atoms with Gasteiger partial charge in [-0.1, -0.05) is 6.07 Å². The Morgan fingerprint density at radius 1 is 1.29 bits per heavy atom. The van der Waals surface area contributed by atoms with Gasteiger partial charge in [0.15, 0.2) is 0 Å². The lowest BCUT2D eigenvalue weighted by atomic mass is 10.1. The summed E-state index contributed by atoms with van der Waals surface area (Å²) >= 11 is 1.28. The van der Waals surface area contributed by atoms with E-state index in [0.29, 0.717) is 28.1 Å². The van der Waals surface area contributed by atoms with Crippen molar-refractivity contribution < 1.29 is 19.1 Å². The van der Waals surface area contributed by atoms with Gasteiger partial charge in [0.1, 0.15) is 11.9 Å². The van der Waals surface area contributed by atoms with Crippen LogP contribution in [0.2, 0.25) is 0 Å². The van der Waals surface area contributed by atoms with Crippen LogP contribution in [0.3, 0.4) is 0 Å². The second kappa shape index (κ2) is 8.31. The molecule has 1 aliphatic rings. The Morgan fingerprint density at radius 2 is 2.10 bits per heavy atom. The number of aryl methyl sites for hydroxylation is 1. The van der Waals surface area contributed by atoms with Crippen LogP contribution in [0.25, 0.3) is 10.9 Å². The van der Waals surface area contributed by atoms with E-state index in [-0.39, 0.29) is 24.3 Å². The molecule has 0 aliphatic carbocycles. The Bertz CT molecular complexity index is 1250. The highest BCUT2D eigenvalue weighted by Crippen LogP contribution is 2.27. The first-order chi connectivity index (χ1) is 14.8. The molecule has 1 aliphatic heterocycles. The smallest absolute Gasteiger partial charge is 0.336 e. The van der Waals surface area contributed by atoms with Gasteiger partial charge in [0, 0.05) is 20.0 Å². The number of thiophene rings is 1. The van der Waals surface area contributed by atoms with E-state index in [9.17, 15) is 19.2 Å². The molecule has 10 heteroatoms. The minimum Gasteiger partial charge on any atom is -0.392 e. The van der Waals surface area contributed by atoms with E-state index in [1.807, 2.05) is 36.2 Å². The third-order valence-corrected chi connectivity index (χ3v) is 6.14. The van der Waals surface area contributed by atoms with Crippen LogP contribution in [0.5, 0.6) is 0 Å². The van der Waals surface area contributed by atoms with Crippen molar-refractivity contribution in [2.24, 2.45) is 0 Å². The molecule has 1 atom stereocenters. The fourth-order valence-corrected chi connectivity index (χ4v) is 4.25. The molecule has 1 fully saturated rings. The van der Waals surface area contributed by atoms with Crippen molar-refractivity contribution in [3.05, 3.63) is 57.0 Å². The van der Waals surface area contributed by atoms with Gasteiger partial charge in [0.25, 0.3) is 11.5 Å². The van der Waals surface area contributed by atoms with Gasteiger partial charge in [-0.25, -0.2) is 9.78 Å². The summed E-state index contributed by atoms with van der Waals surface area (Å²) in [4.78, 5) is 57.0. The molecular formula is C21H20N4O5S. The summed E-state index contributed by atoms with van der Waals surface area (Å²) in [5.41, 5.74) is 1.40. The molecule has 1 aromatic carbocycles. The number of rotatable bonds is 5. The van der Waals surface area contributed by atoms with Crippen LogP contribution < -0.4 is 15.8 Å². The molecule has 3 heterocycles. The SMILES string of the molecule is Cc1nc2ccc(CN(C)c3ccc(C(=O)N[C@H]4CCC(=O)OC4=O)s3)cc2c(=O)[nH]1. The van der Waals surface area contributed by atoms with Crippen molar-refractivity contribution in [2.45, 2.75) is 32.4 Å². The monoisotopic (exact) mass is 440 g/mol. The Labute approximate surface area is 181 Å². The van der Waals surface area contributed by atoms with Crippen LogP contribution in [0, 0.1) is 6.92 Å². The zero-order valence-corrected chi connectivity index (χ0v) is 17.7. The van der Waals surface area contributed by atoms with E-state index in [1.54, 1.807) is 13.0 Å². The zero-order chi connectivity index (χ0) is 22.1. The summed E-state index contributed by atoms with van der Waals surface area (Å²) in [6.45, 7) is 2.27. The van der Waals surface area contributed by atoms with Gasteiger partial charge in [0.2, 0.25) is 0 Å². The van der Waals surface area contributed by atoms with Crippen LogP contribution >= 0.6 is 11.3 Å². The average Bonchev–Trinajstić information content (AvgIpc) is 3.21. The molecule has 160 valence electrons. The molecular weight excluding hydrogens is 420 g/mol. The Kier molecular flexibility index (Phi) is 5.55. The summed E-state index contributed by atoms with van der Waals surface area (Å²) in [5, 5.41) is 4.00. The van der Waals surface area contributed by atoms with Gasteiger partial charge in [-0.05, 0) is 43.2 Å². The zero-order valence-electron chi connectivity index (χ0n) is 16.9. The van der Waals surface area contributed by atoms with E-state index < -0.39 is 18.0 Å². The van der Waals surface area contributed by atoms with E-state index in [2.05, 4.69) is 20.0 Å².